The van der Waals surface area contributed by atoms with Gasteiger partial charge in [0, 0.05) is 33.0 Å². The molecule has 0 aromatic heterocycles. The zero-order valence-electron chi connectivity index (χ0n) is 8.62. The Bertz CT molecular complexity index is 119. The maximum Gasteiger partial charge on any atom is 0.0320 e. The minimum absolute atomic E-state index is 0. The van der Waals surface area contributed by atoms with Crippen LogP contribution in [-0.2, 0) is 35.3 Å². The van der Waals surface area contributed by atoms with Crippen molar-refractivity contribution in [1.29, 1.82) is 0 Å². The van der Waals surface area contributed by atoms with Gasteiger partial charge in [0.2, 0.25) is 0 Å². The number of ether oxygens (including phenoxy) is 2. The minimum Gasteiger partial charge on any atom is -1.00 e. The number of rotatable bonds is 3. The molecular formula is C9H14Cl3HfO2-5. The van der Waals surface area contributed by atoms with Gasteiger partial charge in [0.1, 0.15) is 0 Å². The van der Waals surface area contributed by atoms with Gasteiger partial charge in [-0.15, -0.1) is 0 Å². The van der Waals surface area contributed by atoms with Gasteiger partial charge in [-0.2, -0.15) is 24.8 Å². The molecule has 1 rings (SSSR count). The molecule has 0 N–H and O–H groups in total. The number of hydrogen-bond donors (Lipinski definition) is 0. The summed E-state index contributed by atoms with van der Waals surface area (Å²) in [5.41, 5.74) is 0. The van der Waals surface area contributed by atoms with Crippen LogP contribution in [0.2, 0.25) is 0 Å². The Morgan fingerprint density at radius 1 is 1.07 bits per heavy atom. The second-order valence-electron chi connectivity index (χ2n) is 1.82. The van der Waals surface area contributed by atoms with Gasteiger partial charge in [0.15, 0.2) is 0 Å². The second-order valence-corrected chi connectivity index (χ2v) is 1.82. The molecular weight excluding hydrogens is 425 g/mol. The van der Waals surface area contributed by atoms with E-state index in [9.17, 15) is 0 Å². The molecule has 0 saturated heterocycles. The van der Waals surface area contributed by atoms with E-state index >= 15 is 0 Å². The summed E-state index contributed by atoms with van der Waals surface area (Å²) in [5, 5.41) is 0. The largest absolute Gasteiger partial charge is 1.00 e. The van der Waals surface area contributed by atoms with Crippen LogP contribution in [0.3, 0.4) is 0 Å². The molecule has 15 heavy (non-hydrogen) atoms. The third kappa shape index (κ3) is 31.3. The average molecular weight is 439 g/mol. The predicted octanol–water partition coefficient (Wildman–Crippen LogP) is -7.14. The quantitative estimate of drug-likeness (QED) is 0.265. The smallest absolute Gasteiger partial charge is 0.0320 e. The third-order valence-electron chi connectivity index (χ3n) is 0.957. The van der Waals surface area contributed by atoms with Gasteiger partial charge < -0.3 is 46.7 Å². The third-order valence-corrected chi connectivity index (χ3v) is 0.957. The monoisotopic (exact) mass is 439 g/mol. The molecule has 0 aliphatic carbocycles. The van der Waals surface area contributed by atoms with E-state index in [0.29, 0.717) is 6.61 Å². The SMILES string of the molecule is CO[CH-]COC.[Cl-].[Cl-].[Cl-].[Hf].c1cc[cH-]c1. The van der Waals surface area contributed by atoms with Gasteiger partial charge in [-0.25, -0.2) is 12.1 Å². The van der Waals surface area contributed by atoms with Crippen molar-refractivity contribution in [1.82, 2.24) is 0 Å². The molecule has 1 aromatic rings. The van der Waals surface area contributed by atoms with Crippen LogP contribution in [0, 0.1) is 6.61 Å². The molecule has 6 heteroatoms. The van der Waals surface area contributed by atoms with E-state index < -0.39 is 0 Å². The summed E-state index contributed by atoms with van der Waals surface area (Å²) >= 11 is 0. The van der Waals surface area contributed by atoms with Crippen LogP contribution in [0.1, 0.15) is 0 Å². The summed E-state index contributed by atoms with van der Waals surface area (Å²) in [5.74, 6) is 0. The first-order valence-corrected chi connectivity index (χ1v) is 3.42. The van der Waals surface area contributed by atoms with E-state index in [1.165, 1.54) is 0 Å². The van der Waals surface area contributed by atoms with E-state index in [4.69, 9.17) is 0 Å². The minimum atomic E-state index is 0. The summed E-state index contributed by atoms with van der Waals surface area (Å²) in [6, 6.07) is 10.0. The Balaban J connectivity index is -0.0000000352. The molecule has 0 saturated carbocycles. The molecule has 0 atom stereocenters. The fraction of sp³-hybridized carbons (Fsp3) is 0.333. The van der Waals surface area contributed by atoms with Crippen molar-refractivity contribution in [3.05, 3.63) is 36.9 Å². The molecule has 2 nitrogen and oxygen atoms in total. The maximum absolute atomic E-state index is 4.60. The van der Waals surface area contributed by atoms with Crippen LogP contribution in [0.5, 0.6) is 0 Å². The Kier molecular flexibility index (Phi) is 58.3. The number of halogens is 3. The van der Waals surface area contributed by atoms with E-state index in [0.717, 1.165) is 0 Å². The molecule has 92 valence electrons. The molecule has 0 bridgehead atoms. The fourth-order valence-corrected chi connectivity index (χ4v) is 0.457. The standard InChI is InChI=1S/C5H5.C4H9O2.3ClH.Hf/c1-2-4-5-3-1;1-5-3-4-6-2;;;;/h1-5H;3H,4H2,1-2H3;3*1H;/q2*-1;;;;/p-3. The van der Waals surface area contributed by atoms with Gasteiger partial charge >= 0.3 is 0 Å². The molecule has 0 aliphatic heterocycles. The van der Waals surface area contributed by atoms with Gasteiger partial charge in [0.05, 0.1) is 0 Å². The van der Waals surface area contributed by atoms with Crippen molar-refractivity contribution in [3.63, 3.8) is 0 Å². The van der Waals surface area contributed by atoms with Gasteiger partial charge in [-0.1, -0.05) is 6.61 Å². The average Bonchev–Trinajstić information content (AvgIpc) is 2.57. The number of hydrogen-bond acceptors (Lipinski definition) is 2. The van der Waals surface area contributed by atoms with Crippen molar-refractivity contribution in [3.8, 4) is 0 Å². The van der Waals surface area contributed by atoms with Crippen LogP contribution in [0.15, 0.2) is 30.3 Å². The molecule has 0 heterocycles. The van der Waals surface area contributed by atoms with E-state index in [2.05, 4.69) is 9.47 Å². The molecule has 0 radical (unpaired) electrons. The summed E-state index contributed by atoms with van der Waals surface area (Å²) < 4.78 is 9.13. The topological polar surface area (TPSA) is 18.5 Å². The molecule has 0 amide bonds. The van der Waals surface area contributed by atoms with Crippen LogP contribution in [-0.4, -0.2) is 20.8 Å². The first kappa shape index (κ1) is 29.8. The van der Waals surface area contributed by atoms with Gasteiger partial charge in [0.25, 0.3) is 0 Å². The molecule has 1 aromatic carbocycles. The van der Waals surface area contributed by atoms with Crippen molar-refractivity contribution < 1.29 is 72.5 Å². The van der Waals surface area contributed by atoms with Gasteiger partial charge in [-0.3, -0.25) is 0 Å². The van der Waals surface area contributed by atoms with E-state index in [-0.39, 0.29) is 63.1 Å². The first-order chi connectivity index (χ1) is 5.41. The first-order valence-electron chi connectivity index (χ1n) is 3.42. The zero-order chi connectivity index (χ0) is 8.36. The molecule has 0 spiro atoms. The summed E-state index contributed by atoms with van der Waals surface area (Å²) in [6.45, 7) is 2.15. The summed E-state index contributed by atoms with van der Waals surface area (Å²) in [4.78, 5) is 0. The van der Waals surface area contributed by atoms with Crippen LogP contribution < -0.4 is 37.2 Å². The van der Waals surface area contributed by atoms with Crippen molar-refractivity contribution in [2.45, 2.75) is 0 Å². The van der Waals surface area contributed by atoms with Crippen LogP contribution >= 0.6 is 0 Å². The second kappa shape index (κ2) is 29.4. The van der Waals surface area contributed by atoms with E-state index in [1.807, 2.05) is 30.3 Å². The Hall–Kier alpha value is 1.01. The van der Waals surface area contributed by atoms with Crippen LogP contribution in [0.25, 0.3) is 0 Å². The van der Waals surface area contributed by atoms with Crippen molar-refractivity contribution in [2.75, 3.05) is 20.8 Å². The molecule has 0 aliphatic rings. The number of methoxy groups -OCH3 is 2. The van der Waals surface area contributed by atoms with E-state index in [1.54, 1.807) is 20.8 Å². The summed E-state index contributed by atoms with van der Waals surface area (Å²) in [7, 11) is 3.22. The summed E-state index contributed by atoms with van der Waals surface area (Å²) in [6.07, 6.45) is 0. The normalized spacial score (nSPS) is 6.27. The maximum atomic E-state index is 4.60. The molecule has 0 fully saturated rings. The Labute approximate surface area is 129 Å². The van der Waals surface area contributed by atoms with Crippen molar-refractivity contribution in [2.24, 2.45) is 0 Å². The van der Waals surface area contributed by atoms with Crippen LogP contribution in [0.4, 0.5) is 0 Å². The predicted molar refractivity (Wildman–Crippen MR) is 45.2 cm³/mol. The Morgan fingerprint density at radius 3 is 1.67 bits per heavy atom. The Morgan fingerprint density at radius 2 is 1.53 bits per heavy atom. The zero-order valence-corrected chi connectivity index (χ0v) is 14.5. The molecule has 0 unspecified atom stereocenters. The van der Waals surface area contributed by atoms with Gasteiger partial charge in [-0.05, 0) is 7.11 Å². The fourth-order valence-electron chi connectivity index (χ4n) is 0.457. The van der Waals surface area contributed by atoms with Crippen molar-refractivity contribution >= 4 is 0 Å².